The van der Waals surface area contributed by atoms with Gasteiger partial charge in [-0.1, -0.05) is 6.07 Å². The van der Waals surface area contributed by atoms with E-state index in [4.69, 9.17) is 9.47 Å². The lowest BCUT2D eigenvalue weighted by Gasteiger charge is -2.26. The van der Waals surface area contributed by atoms with Crippen LogP contribution >= 0.6 is 0 Å². The SMILES string of the molecule is OC(c1cccnc1)c1c[nH]c2ncc(OCCN3CCOCC3)cc12. The number of hydrogen-bond donors (Lipinski definition) is 2. The van der Waals surface area contributed by atoms with Gasteiger partial charge in [-0.3, -0.25) is 9.88 Å². The average Bonchev–Trinajstić information content (AvgIpc) is 3.12. The first-order valence-electron chi connectivity index (χ1n) is 8.79. The second-order valence-corrected chi connectivity index (χ2v) is 6.30. The van der Waals surface area contributed by atoms with Crippen LogP contribution in [0.4, 0.5) is 0 Å². The van der Waals surface area contributed by atoms with Gasteiger partial charge in [0.25, 0.3) is 0 Å². The molecule has 0 radical (unpaired) electrons. The Kier molecular flexibility index (Phi) is 5.10. The molecule has 0 bridgehead atoms. The Morgan fingerprint density at radius 2 is 2.19 bits per heavy atom. The molecule has 1 atom stereocenters. The number of aliphatic hydroxyl groups is 1. The van der Waals surface area contributed by atoms with E-state index in [1.54, 1.807) is 24.8 Å². The summed E-state index contributed by atoms with van der Waals surface area (Å²) in [6.45, 7) is 4.91. The lowest BCUT2D eigenvalue weighted by molar-refractivity contribution is 0.0322. The van der Waals surface area contributed by atoms with E-state index in [1.165, 1.54) is 0 Å². The standard InChI is InChI=1S/C19H22N4O3/c24-18(14-2-1-3-20-11-14)17-13-22-19-16(17)10-15(12-21-19)26-9-6-23-4-7-25-8-5-23/h1-3,10-13,18,24H,4-9H2,(H,21,22). The highest BCUT2D eigenvalue weighted by atomic mass is 16.5. The van der Waals surface area contributed by atoms with Gasteiger partial charge in [-0.05, 0) is 12.1 Å². The van der Waals surface area contributed by atoms with Gasteiger partial charge in [0, 0.05) is 54.7 Å². The lowest BCUT2D eigenvalue weighted by Crippen LogP contribution is -2.38. The maximum atomic E-state index is 10.7. The number of nitrogens with one attached hydrogen (secondary N) is 1. The molecule has 2 N–H and O–H groups in total. The summed E-state index contributed by atoms with van der Waals surface area (Å²) in [6, 6.07) is 5.59. The van der Waals surface area contributed by atoms with Crippen LogP contribution < -0.4 is 4.74 Å². The van der Waals surface area contributed by atoms with Crippen molar-refractivity contribution >= 4 is 11.0 Å². The van der Waals surface area contributed by atoms with Gasteiger partial charge < -0.3 is 19.6 Å². The Hall–Kier alpha value is -2.48. The van der Waals surface area contributed by atoms with Gasteiger partial charge in [-0.15, -0.1) is 0 Å². The fourth-order valence-electron chi connectivity index (χ4n) is 3.14. The normalized spacial score (nSPS) is 16.7. The lowest BCUT2D eigenvalue weighted by atomic mass is 10.0. The van der Waals surface area contributed by atoms with Crippen LogP contribution in [-0.4, -0.2) is 64.4 Å². The highest BCUT2D eigenvalue weighted by Crippen LogP contribution is 2.29. The van der Waals surface area contributed by atoms with Gasteiger partial charge in [0.1, 0.15) is 24.1 Å². The molecule has 1 aliphatic rings. The quantitative estimate of drug-likeness (QED) is 0.702. The molecule has 26 heavy (non-hydrogen) atoms. The highest BCUT2D eigenvalue weighted by Gasteiger charge is 2.17. The van der Waals surface area contributed by atoms with E-state index in [9.17, 15) is 5.11 Å². The smallest absolute Gasteiger partial charge is 0.138 e. The molecule has 0 aromatic carbocycles. The van der Waals surface area contributed by atoms with E-state index in [1.807, 2.05) is 18.2 Å². The van der Waals surface area contributed by atoms with E-state index in [-0.39, 0.29) is 0 Å². The van der Waals surface area contributed by atoms with Crippen molar-refractivity contribution in [1.82, 2.24) is 19.9 Å². The first kappa shape index (κ1) is 17.0. The largest absolute Gasteiger partial charge is 0.491 e. The fraction of sp³-hybridized carbons (Fsp3) is 0.368. The molecule has 3 aromatic heterocycles. The minimum atomic E-state index is -0.761. The number of aliphatic hydroxyl groups excluding tert-OH is 1. The van der Waals surface area contributed by atoms with Gasteiger partial charge in [-0.2, -0.15) is 0 Å². The fourth-order valence-corrected chi connectivity index (χ4v) is 3.14. The molecule has 3 aromatic rings. The zero-order valence-electron chi connectivity index (χ0n) is 14.5. The number of pyridine rings is 2. The van der Waals surface area contributed by atoms with Gasteiger partial charge in [0.15, 0.2) is 0 Å². The molecule has 0 spiro atoms. The van der Waals surface area contributed by atoms with Crippen molar-refractivity contribution in [2.75, 3.05) is 39.5 Å². The molecular weight excluding hydrogens is 332 g/mol. The number of hydrogen-bond acceptors (Lipinski definition) is 6. The third-order valence-electron chi connectivity index (χ3n) is 4.61. The van der Waals surface area contributed by atoms with Crippen molar-refractivity contribution in [3.05, 3.63) is 54.1 Å². The summed E-state index contributed by atoms with van der Waals surface area (Å²) in [5.74, 6) is 0.699. The molecule has 0 saturated carbocycles. The number of ether oxygens (including phenoxy) is 2. The van der Waals surface area contributed by atoms with Gasteiger partial charge in [0.2, 0.25) is 0 Å². The van der Waals surface area contributed by atoms with Gasteiger partial charge in [0.05, 0.1) is 19.4 Å². The number of H-pyrrole nitrogens is 1. The molecule has 4 heterocycles. The van der Waals surface area contributed by atoms with Crippen LogP contribution in [-0.2, 0) is 4.74 Å². The predicted molar refractivity (Wildman–Crippen MR) is 97.1 cm³/mol. The Morgan fingerprint density at radius 1 is 1.31 bits per heavy atom. The summed E-state index contributed by atoms with van der Waals surface area (Å²) in [4.78, 5) is 13.9. The zero-order chi connectivity index (χ0) is 17.8. The number of nitrogens with zero attached hydrogens (tertiary/aromatic N) is 3. The van der Waals surface area contributed by atoms with E-state index in [0.29, 0.717) is 12.4 Å². The Morgan fingerprint density at radius 3 is 3.00 bits per heavy atom. The van der Waals surface area contributed by atoms with Crippen molar-refractivity contribution in [2.24, 2.45) is 0 Å². The van der Waals surface area contributed by atoms with E-state index < -0.39 is 6.10 Å². The maximum absolute atomic E-state index is 10.7. The second kappa shape index (κ2) is 7.82. The first-order valence-corrected chi connectivity index (χ1v) is 8.79. The average molecular weight is 354 g/mol. The molecule has 1 fully saturated rings. The van der Waals surface area contributed by atoms with Crippen molar-refractivity contribution in [1.29, 1.82) is 0 Å². The van der Waals surface area contributed by atoms with Gasteiger partial charge in [-0.25, -0.2) is 4.98 Å². The molecule has 0 aliphatic carbocycles. The Balaban J connectivity index is 1.47. The van der Waals surface area contributed by atoms with E-state index in [0.717, 1.165) is 55.0 Å². The minimum absolute atomic E-state index is 0.595. The maximum Gasteiger partial charge on any atom is 0.138 e. The van der Waals surface area contributed by atoms with E-state index >= 15 is 0 Å². The topological polar surface area (TPSA) is 83.5 Å². The van der Waals surface area contributed by atoms with Crippen molar-refractivity contribution in [3.63, 3.8) is 0 Å². The first-order chi connectivity index (χ1) is 12.8. The second-order valence-electron chi connectivity index (χ2n) is 6.30. The molecule has 7 heteroatoms. The third kappa shape index (κ3) is 3.70. The summed E-state index contributed by atoms with van der Waals surface area (Å²) in [5.41, 5.74) is 2.23. The summed E-state index contributed by atoms with van der Waals surface area (Å²) >= 11 is 0. The number of fused-ring (bicyclic) bond motifs is 1. The summed E-state index contributed by atoms with van der Waals surface area (Å²) < 4.78 is 11.2. The van der Waals surface area contributed by atoms with E-state index in [2.05, 4.69) is 19.9 Å². The van der Waals surface area contributed by atoms with Crippen LogP contribution in [0.3, 0.4) is 0 Å². The number of aromatic amines is 1. The molecule has 7 nitrogen and oxygen atoms in total. The number of aromatic nitrogens is 3. The van der Waals surface area contributed by atoms with Crippen molar-refractivity contribution in [3.8, 4) is 5.75 Å². The zero-order valence-corrected chi connectivity index (χ0v) is 14.5. The molecule has 4 rings (SSSR count). The molecule has 1 unspecified atom stereocenters. The van der Waals surface area contributed by atoms with Crippen LogP contribution in [0.15, 0.2) is 43.0 Å². The van der Waals surface area contributed by atoms with Crippen LogP contribution in [0.25, 0.3) is 11.0 Å². The van der Waals surface area contributed by atoms with Crippen molar-refractivity contribution < 1.29 is 14.6 Å². The minimum Gasteiger partial charge on any atom is -0.491 e. The summed E-state index contributed by atoms with van der Waals surface area (Å²) in [7, 11) is 0. The number of morpholine rings is 1. The van der Waals surface area contributed by atoms with Crippen LogP contribution in [0.5, 0.6) is 5.75 Å². The number of rotatable bonds is 6. The summed E-state index contributed by atoms with van der Waals surface area (Å²) in [5, 5.41) is 11.5. The van der Waals surface area contributed by atoms with Crippen molar-refractivity contribution in [2.45, 2.75) is 6.10 Å². The molecule has 1 saturated heterocycles. The van der Waals surface area contributed by atoms with Crippen LogP contribution in [0.2, 0.25) is 0 Å². The Bertz CT molecular complexity index is 846. The highest BCUT2D eigenvalue weighted by molar-refractivity contribution is 5.81. The third-order valence-corrected chi connectivity index (χ3v) is 4.61. The molecule has 136 valence electrons. The molecule has 0 amide bonds. The predicted octanol–water partition coefficient (Wildman–Crippen LogP) is 1.75. The summed E-state index contributed by atoms with van der Waals surface area (Å²) in [6.07, 6.45) is 6.08. The Labute approximate surface area is 151 Å². The van der Waals surface area contributed by atoms with Crippen LogP contribution in [0, 0.1) is 0 Å². The molecular formula is C19H22N4O3. The molecule has 1 aliphatic heterocycles. The monoisotopic (exact) mass is 354 g/mol. The van der Waals surface area contributed by atoms with Crippen LogP contribution in [0.1, 0.15) is 17.2 Å². The van der Waals surface area contributed by atoms with Gasteiger partial charge >= 0.3 is 0 Å².